The van der Waals surface area contributed by atoms with Crippen LogP contribution in [0.25, 0.3) is 0 Å². The highest BCUT2D eigenvalue weighted by molar-refractivity contribution is 5.74. The zero-order chi connectivity index (χ0) is 18.6. The summed E-state index contributed by atoms with van der Waals surface area (Å²) in [5.74, 6) is 1.63. The Morgan fingerprint density at radius 2 is 1.67 bits per heavy atom. The van der Waals surface area contributed by atoms with Gasteiger partial charge in [-0.15, -0.1) is 0 Å². The molecule has 2 aliphatic heterocycles. The van der Waals surface area contributed by atoms with Gasteiger partial charge in [-0.25, -0.2) is 4.79 Å². The first-order valence-corrected chi connectivity index (χ1v) is 9.36. The average molecular weight is 367 g/mol. The number of urea groups is 1. The average Bonchev–Trinajstić information content (AvgIpc) is 3.16. The number of fused-ring (bicyclic) bond motifs is 1. The maximum Gasteiger partial charge on any atom is 0.317 e. The van der Waals surface area contributed by atoms with Crippen LogP contribution in [0.5, 0.6) is 11.5 Å². The summed E-state index contributed by atoms with van der Waals surface area (Å²) in [7, 11) is 0. The van der Waals surface area contributed by atoms with E-state index in [1.807, 2.05) is 17.0 Å². The van der Waals surface area contributed by atoms with E-state index in [2.05, 4.69) is 47.5 Å². The predicted octanol–water partition coefficient (Wildman–Crippen LogP) is 2.75. The lowest BCUT2D eigenvalue weighted by Crippen LogP contribution is -2.51. The Morgan fingerprint density at radius 1 is 0.963 bits per heavy atom. The molecule has 0 saturated carbocycles. The van der Waals surface area contributed by atoms with Crippen LogP contribution in [0.2, 0.25) is 0 Å². The number of aryl methyl sites for hydroxylation is 1. The fourth-order valence-corrected chi connectivity index (χ4v) is 3.40. The van der Waals surface area contributed by atoms with Crippen molar-refractivity contribution in [3.8, 4) is 11.5 Å². The number of hydrogen-bond donors (Lipinski definition) is 1. The standard InChI is InChI=1S/C21H25N3O3/c1-16-2-4-17(5-3-16)13-22-21(25)24-10-8-23(9-11-24)14-18-6-7-19-20(12-18)27-15-26-19/h2-7,12H,8-11,13-15H2,1H3,(H,22,25). The van der Waals surface area contributed by atoms with Crippen molar-refractivity contribution in [1.82, 2.24) is 15.1 Å². The van der Waals surface area contributed by atoms with Gasteiger partial charge in [-0.2, -0.15) is 0 Å². The summed E-state index contributed by atoms with van der Waals surface area (Å²) in [4.78, 5) is 16.7. The van der Waals surface area contributed by atoms with Gasteiger partial charge in [0.1, 0.15) is 0 Å². The molecule has 1 fully saturated rings. The number of nitrogens with zero attached hydrogens (tertiary/aromatic N) is 2. The topological polar surface area (TPSA) is 54.0 Å². The molecule has 2 amide bonds. The van der Waals surface area contributed by atoms with Gasteiger partial charge in [0.05, 0.1) is 0 Å². The lowest BCUT2D eigenvalue weighted by molar-refractivity contribution is 0.135. The van der Waals surface area contributed by atoms with Gasteiger partial charge in [-0.1, -0.05) is 35.9 Å². The zero-order valence-electron chi connectivity index (χ0n) is 15.6. The summed E-state index contributed by atoms with van der Waals surface area (Å²) < 4.78 is 10.8. The molecule has 142 valence electrons. The van der Waals surface area contributed by atoms with Crippen molar-refractivity contribution in [1.29, 1.82) is 0 Å². The maximum atomic E-state index is 12.4. The first kappa shape index (κ1) is 17.7. The van der Waals surface area contributed by atoms with Gasteiger partial charge in [0.2, 0.25) is 6.79 Å². The Morgan fingerprint density at radius 3 is 2.44 bits per heavy atom. The van der Waals surface area contributed by atoms with Crippen LogP contribution in [0.1, 0.15) is 16.7 Å². The highest BCUT2D eigenvalue weighted by Crippen LogP contribution is 2.32. The molecule has 2 aromatic rings. The van der Waals surface area contributed by atoms with Gasteiger partial charge in [0.15, 0.2) is 11.5 Å². The number of hydrogen-bond acceptors (Lipinski definition) is 4. The van der Waals surface area contributed by atoms with E-state index >= 15 is 0 Å². The lowest BCUT2D eigenvalue weighted by atomic mass is 10.1. The first-order valence-electron chi connectivity index (χ1n) is 9.36. The lowest BCUT2D eigenvalue weighted by Gasteiger charge is -2.34. The maximum absolute atomic E-state index is 12.4. The van der Waals surface area contributed by atoms with Crippen molar-refractivity contribution in [3.05, 3.63) is 59.2 Å². The summed E-state index contributed by atoms with van der Waals surface area (Å²) in [6.07, 6.45) is 0. The normalized spacial score (nSPS) is 16.4. The van der Waals surface area contributed by atoms with Gasteiger partial charge in [0.25, 0.3) is 0 Å². The second-order valence-electron chi connectivity index (χ2n) is 7.10. The van der Waals surface area contributed by atoms with Gasteiger partial charge in [0, 0.05) is 39.3 Å². The van der Waals surface area contributed by atoms with Gasteiger partial charge >= 0.3 is 6.03 Å². The summed E-state index contributed by atoms with van der Waals surface area (Å²) in [5.41, 5.74) is 3.55. The summed E-state index contributed by atoms with van der Waals surface area (Å²) >= 11 is 0. The molecule has 2 aliphatic rings. The number of carbonyl (C=O) groups excluding carboxylic acids is 1. The Hall–Kier alpha value is -2.73. The minimum Gasteiger partial charge on any atom is -0.454 e. The van der Waals surface area contributed by atoms with Crippen LogP contribution in [-0.2, 0) is 13.1 Å². The number of ether oxygens (including phenoxy) is 2. The summed E-state index contributed by atoms with van der Waals surface area (Å²) in [6, 6.07) is 14.3. The molecule has 0 aromatic heterocycles. The van der Waals surface area contributed by atoms with E-state index in [0.717, 1.165) is 49.8 Å². The molecule has 4 rings (SSSR count). The molecule has 0 aliphatic carbocycles. The fraction of sp³-hybridized carbons (Fsp3) is 0.381. The third-order valence-corrected chi connectivity index (χ3v) is 5.07. The molecule has 2 aromatic carbocycles. The molecule has 6 heteroatoms. The van der Waals surface area contributed by atoms with E-state index in [-0.39, 0.29) is 6.03 Å². The fourth-order valence-electron chi connectivity index (χ4n) is 3.40. The van der Waals surface area contributed by atoms with Crippen LogP contribution >= 0.6 is 0 Å². The molecule has 1 saturated heterocycles. The smallest absolute Gasteiger partial charge is 0.317 e. The van der Waals surface area contributed by atoms with Crippen molar-refractivity contribution >= 4 is 6.03 Å². The second kappa shape index (κ2) is 7.88. The predicted molar refractivity (Wildman–Crippen MR) is 103 cm³/mol. The zero-order valence-corrected chi connectivity index (χ0v) is 15.6. The van der Waals surface area contributed by atoms with E-state index < -0.39 is 0 Å². The van der Waals surface area contributed by atoms with Crippen molar-refractivity contribution in [2.24, 2.45) is 0 Å². The molecular formula is C21H25N3O3. The van der Waals surface area contributed by atoms with Gasteiger partial charge in [-0.05, 0) is 30.2 Å². The van der Waals surface area contributed by atoms with Crippen LogP contribution in [0, 0.1) is 6.92 Å². The minimum absolute atomic E-state index is 0.0123. The Labute approximate surface area is 159 Å². The summed E-state index contributed by atoms with van der Waals surface area (Å²) in [5, 5.41) is 3.02. The Balaban J connectivity index is 1.23. The molecule has 0 atom stereocenters. The third kappa shape index (κ3) is 4.34. The molecule has 2 heterocycles. The third-order valence-electron chi connectivity index (χ3n) is 5.07. The molecule has 0 bridgehead atoms. The van der Waals surface area contributed by atoms with Crippen molar-refractivity contribution in [2.45, 2.75) is 20.0 Å². The van der Waals surface area contributed by atoms with Crippen LogP contribution in [0.4, 0.5) is 4.79 Å². The molecule has 0 spiro atoms. The van der Waals surface area contributed by atoms with Gasteiger partial charge in [-0.3, -0.25) is 4.90 Å². The summed E-state index contributed by atoms with van der Waals surface area (Å²) in [6.45, 7) is 7.00. The molecular weight excluding hydrogens is 342 g/mol. The van der Waals surface area contributed by atoms with Gasteiger partial charge < -0.3 is 19.7 Å². The van der Waals surface area contributed by atoms with Crippen LogP contribution in [0.3, 0.4) is 0 Å². The van der Waals surface area contributed by atoms with E-state index in [9.17, 15) is 4.79 Å². The minimum atomic E-state index is 0.0123. The highest BCUT2D eigenvalue weighted by atomic mass is 16.7. The number of benzene rings is 2. The van der Waals surface area contributed by atoms with Crippen LogP contribution < -0.4 is 14.8 Å². The number of rotatable bonds is 4. The highest BCUT2D eigenvalue weighted by Gasteiger charge is 2.21. The Bertz CT molecular complexity index is 799. The largest absolute Gasteiger partial charge is 0.454 e. The van der Waals surface area contributed by atoms with Crippen LogP contribution in [0.15, 0.2) is 42.5 Å². The second-order valence-corrected chi connectivity index (χ2v) is 7.10. The van der Waals surface area contributed by atoms with Crippen LogP contribution in [-0.4, -0.2) is 48.8 Å². The number of amides is 2. The molecule has 27 heavy (non-hydrogen) atoms. The molecule has 0 radical (unpaired) electrons. The first-order chi connectivity index (χ1) is 13.2. The van der Waals surface area contributed by atoms with Crippen molar-refractivity contribution in [3.63, 3.8) is 0 Å². The Kier molecular flexibility index (Phi) is 5.16. The molecule has 0 unspecified atom stereocenters. The monoisotopic (exact) mass is 367 g/mol. The molecule has 6 nitrogen and oxygen atoms in total. The SMILES string of the molecule is Cc1ccc(CNC(=O)N2CCN(Cc3ccc4c(c3)OCO4)CC2)cc1. The number of nitrogens with one attached hydrogen (secondary N) is 1. The van der Waals surface area contributed by atoms with E-state index in [0.29, 0.717) is 13.3 Å². The number of piperazine rings is 1. The van der Waals surface area contributed by atoms with E-state index in [1.165, 1.54) is 11.1 Å². The van der Waals surface area contributed by atoms with E-state index in [1.54, 1.807) is 0 Å². The number of carbonyl (C=O) groups is 1. The quantitative estimate of drug-likeness (QED) is 0.903. The van der Waals surface area contributed by atoms with Crippen molar-refractivity contribution < 1.29 is 14.3 Å². The van der Waals surface area contributed by atoms with E-state index in [4.69, 9.17) is 9.47 Å². The van der Waals surface area contributed by atoms with Crippen molar-refractivity contribution in [2.75, 3.05) is 33.0 Å². The molecule has 1 N–H and O–H groups in total.